The van der Waals surface area contributed by atoms with Crippen molar-refractivity contribution < 1.29 is 4.92 Å². The van der Waals surface area contributed by atoms with Gasteiger partial charge in [-0.05, 0) is 39.2 Å². The van der Waals surface area contributed by atoms with Gasteiger partial charge in [0.1, 0.15) is 0 Å². The smallest absolute Gasteiger partial charge is 0.272 e. The molecule has 1 aromatic rings. The van der Waals surface area contributed by atoms with Gasteiger partial charge in [0, 0.05) is 17.2 Å². The molecule has 1 aromatic carbocycles. The summed E-state index contributed by atoms with van der Waals surface area (Å²) >= 11 is 0. The third-order valence-electron chi connectivity index (χ3n) is 3.59. The summed E-state index contributed by atoms with van der Waals surface area (Å²) in [5.41, 5.74) is 1.31. The number of hydrogen-bond acceptors (Lipinski definition) is 3. The number of para-hydroxylation sites is 1. The van der Waals surface area contributed by atoms with Crippen molar-refractivity contribution in [3.8, 4) is 0 Å². The van der Waals surface area contributed by atoms with E-state index in [9.17, 15) is 10.1 Å². The summed E-state index contributed by atoms with van der Waals surface area (Å²) in [6, 6.07) is 6.97. The van der Waals surface area contributed by atoms with Crippen LogP contribution in [-0.2, 0) is 6.42 Å². The van der Waals surface area contributed by atoms with Gasteiger partial charge in [0.05, 0.1) is 4.92 Å². The molecule has 0 aliphatic heterocycles. The van der Waals surface area contributed by atoms with Gasteiger partial charge in [-0.25, -0.2) is 0 Å². The Morgan fingerprint density at radius 1 is 1.41 bits per heavy atom. The average molecular weight is 234 g/mol. The average Bonchev–Trinajstić information content (AvgIpc) is 2.27. The fourth-order valence-corrected chi connectivity index (χ4v) is 2.28. The molecule has 4 heteroatoms. The zero-order chi connectivity index (χ0) is 12.3. The summed E-state index contributed by atoms with van der Waals surface area (Å²) in [4.78, 5) is 10.5. The minimum absolute atomic E-state index is 0.230. The van der Waals surface area contributed by atoms with E-state index >= 15 is 0 Å². The zero-order valence-electron chi connectivity index (χ0n) is 10.1. The molecule has 17 heavy (non-hydrogen) atoms. The molecule has 1 aliphatic carbocycles. The van der Waals surface area contributed by atoms with Gasteiger partial charge in [0.2, 0.25) is 0 Å². The van der Waals surface area contributed by atoms with Crippen LogP contribution < -0.4 is 5.32 Å². The Labute approximate surface area is 101 Å². The van der Waals surface area contributed by atoms with Crippen LogP contribution >= 0.6 is 0 Å². The number of hydrogen-bond donors (Lipinski definition) is 1. The lowest BCUT2D eigenvalue weighted by Gasteiger charge is -2.39. The molecule has 0 unspecified atom stereocenters. The molecule has 0 radical (unpaired) electrons. The first-order valence-corrected chi connectivity index (χ1v) is 6.08. The van der Waals surface area contributed by atoms with Crippen LogP contribution in [0.4, 0.5) is 5.69 Å². The minimum atomic E-state index is -0.305. The lowest BCUT2D eigenvalue weighted by Crippen LogP contribution is -2.48. The maximum atomic E-state index is 10.8. The van der Waals surface area contributed by atoms with E-state index in [1.807, 2.05) is 12.1 Å². The van der Waals surface area contributed by atoms with Gasteiger partial charge in [-0.1, -0.05) is 18.2 Å². The normalized spacial score (nSPS) is 17.5. The highest BCUT2D eigenvalue weighted by Gasteiger charge is 2.30. The van der Waals surface area contributed by atoms with Gasteiger partial charge in [-0.15, -0.1) is 0 Å². The van der Waals surface area contributed by atoms with Crippen molar-refractivity contribution >= 4 is 5.69 Å². The number of nitrogens with one attached hydrogen (secondary N) is 1. The van der Waals surface area contributed by atoms with Gasteiger partial charge in [0.25, 0.3) is 5.69 Å². The molecule has 0 aromatic heterocycles. The summed E-state index contributed by atoms with van der Waals surface area (Å²) in [6.07, 6.45) is 4.43. The maximum Gasteiger partial charge on any atom is 0.272 e. The van der Waals surface area contributed by atoms with Crippen LogP contribution in [0.2, 0.25) is 0 Å². The predicted molar refractivity (Wildman–Crippen MR) is 67.1 cm³/mol. The fraction of sp³-hybridized carbons (Fsp3) is 0.538. The molecule has 0 heterocycles. The Hall–Kier alpha value is -1.42. The first kappa shape index (κ1) is 12.0. The topological polar surface area (TPSA) is 55.2 Å². The van der Waals surface area contributed by atoms with Crippen LogP contribution in [0, 0.1) is 10.1 Å². The van der Waals surface area contributed by atoms with Crippen LogP contribution in [0.3, 0.4) is 0 Å². The second kappa shape index (κ2) is 4.84. The van der Waals surface area contributed by atoms with Crippen LogP contribution in [-0.4, -0.2) is 17.0 Å². The molecule has 92 valence electrons. The van der Waals surface area contributed by atoms with E-state index in [0.29, 0.717) is 6.42 Å². The van der Waals surface area contributed by atoms with E-state index in [1.165, 1.54) is 19.3 Å². The highest BCUT2D eigenvalue weighted by molar-refractivity contribution is 5.39. The van der Waals surface area contributed by atoms with Crippen molar-refractivity contribution in [3.05, 3.63) is 39.9 Å². The number of nitrogens with zero attached hydrogens (tertiary/aromatic N) is 1. The van der Waals surface area contributed by atoms with Crippen molar-refractivity contribution in [2.45, 2.75) is 38.1 Å². The first-order chi connectivity index (χ1) is 8.11. The second-order valence-electron chi connectivity index (χ2n) is 4.98. The number of nitro benzene ring substituents is 1. The molecule has 4 nitrogen and oxygen atoms in total. The van der Waals surface area contributed by atoms with Gasteiger partial charge < -0.3 is 5.32 Å². The highest BCUT2D eigenvalue weighted by atomic mass is 16.6. The van der Waals surface area contributed by atoms with Gasteiger partial charge in [0.15, 0.2) is 0 Å². The third-order valence-corrected chi connectivity index (χ3v) is 3.59. The fourth-order valence-electron chi connectivity index (χ4n) is 2.28. The molecule has 1 fully saturated rings. The van der Waals surface area contributed by atoms with Crippen molar-refractivity contribution in [2.24, 2.45) is 0 Å². The van der Waals surface area contributed by atoms with Gasteiger partial charge in [-0.2, -0.15) is 0 Å². The Morgan fingerprint density at radius 2 is 2.12 bits per heavy atom. The van der Waals surface area contributed by atoms with E-state index in [0.717, 1.165) is 12.1 Å². The predicted octanol–water partition coefficient (Wildman–Crippen LogP) is 2.67. The van der Waals surface area contributed by atoms with Crippen LogP contribution in [0.1, 0.15) is 31.7 Å². The van der Waals surface area contributed by atoms with Crippen LogP contribution in [0.5, 0.6) is 0 Å². The highest BCUT2D eigenvalue weighted by Crippen LogP contribution is 2.30. The minimum Gasteiger partial charge on any atom is -0.311 e. The summed E-state index contributed by atoms with van der Waals surface area (Å²) < 4.78 is 0. The standard InChI is InChI=1S/C13H18N2O2/c1-13(8-4-9-13)14-10-7-11-5-2-3-6-12(11)15(16)17/h2-3,5-6,14H,4,7-10H2,1H3. The molecule has 0 amide bonds. The lowest BCUT2D eigenvalue weighted by atomic mass is 9.78. The monoisotopic (exact) mass is 234 g/mol. The van der Waals surface area contributed by atoms with Crippen LogP contribution in [0.15, 0.2) is 24.3 Å². The largest absolute Gasteiger partial charge is 0.311 e. The summed E-state index contributed by atoms with van der Waals surface area (Å²) in [5.74, 6) is 0. The molecule has 1 N–H and O–H groups in total. The van der Waals surface area contributed by atoms with Crippen LogP contribution in [0.25, 0.3) is 0 Å². The van der Waals surface area contributed by atoms with E-state index < -0.39 is 0 Å². The molecule has 0 atom stereocenters. The van der Waals surface area contributed by atoms with Crippen molar-refractivity contribution in [1.29, 1.82) is 0 Å². The molecule has 1 aliphatic rings. The lowest BCUT2D eigenvalue weighted by molar-refractivity contribution is -0.385. The molecule has 2 rings (SSSR count). The second-order valence-corrected chi connectivity index (χ2v) is 4.98. The summed E-state index contributed by atoms with van der Waals surface area (Å²) in [7, 11) is 0. The number of benzene rings is 1. The third kappa shape index (κ3) is 2.82. The Kier molecular flexibility index (Phi) is 3.43. The SMILES string of the molecule is CC1(NCCc2ccccc2[N+](=O)[O-])CCC1. The van der Waals surface area contributed by atoms with E-state index in [4.69, 9.17) is 0 Å². The molecule has 0 bridgehead atoms. The van der Waals surface area contributed by atoms with Crippen molar-refractivity contribution in [2.75, 3.05) is 6.54 Å². The van der Waals surface area contributed by atoms with Crippen molar-refractivity contribution in [3.63, 3.8) is 0 Å². The molecular formula is C13H18N2O2. The summed E-state index contributed by atoms with van der Waals surface area (Å²) in [5, 5.41) is 14.3. The number of rotatable bonds is 5. The number of nitro groups is 1. The van der Waals surface area contributed by atoms with Gasteiger partial charge >= 0.3 is 0 Å². The van der Waals surface area contributed by atoms with Gasteiger partial charge in [-0.3, -0.25) is 10.1 Å². The van der Waals surface area contributed by atoms with E-state index in [2.05, 4.69) is 12.2 Å². The molecule has 0 spiro atoms. The van der Waals surface area contributed by atoms with E-state index in [-0.39, 0.29) is 16.1 Å². The molecular weight excluding hydrogens is 216 g/mol. The van der Waals surface area contributed by atoms with E-state index in [1.54, 1.807) is 12.1 Å². The molecule has 0 saturated heterocycles. The Morgan fingerprint density at radius 3 is 2.71 bits per heavy atom. The zero-order valence-corrected chi connectivity index (χ0v) is 10.1. The summed E-state index contributed by atoms with van der Waals surface area (Å²) in [6.45, 7) is 3.03. The quantitative estimate of drug-likeness (QED) is 0.629. The molecule has 1 saturated carbocycles. The maximum absolute atomic E-state index is 10.8. The Balaban J connectivity index is 1.92. The first-order valence-electron chi connectivity index (χ1n) is 6.08. The van der Waals surface area contributed by atoms with Crippen molar-refractivity contribution in [1.82, 2.24) is 5.32 Å². The Bertz CT molecular complexity index is 414.